The van der Waals surface area contributed by atoms with E-state index in [1.807, 2.05) is 30.3 Å². The number of nitrogens with zero attached hydrogens (tertiary/aromatic N) is 3. The summed E-state index contributed by atoms with van der Waals surface area (Å²) in [7, 11) is 1.47. The predicted molar refractivity (Wildman–Crippen MR) is 114 cm³/mol. The molecular formula is C19H12Cl2N4O2S. The third-order valence-electron chi connectivity index (χ3n) is 4.01. The summed E-state index contributed by atoms with van der Waals surface area (Å²) in [5.74, 6) is -0.225. The van der Waals surface area contributed by atoms with Gasteiger partial charge < -0.3 is 4.74 Å². The van der Waals surface area contributed by atoms with Gasteiger partial charge in [0.05, 0.1) is 22.7 Å². The van der Waals surface area contributed by atoms with Crippen LogP contribution in [0.5, 0.6) is 5.75 Å². The van der Waals surface area contributed by atoms with Crippen molar-refractivity contribution in [1.29, 1.82) is 5.41 Å². The maximum Gasteiger partial charge on any atom is 0.283 e. The number of hydrogen-bond donors (Lipinski definition) is 1. The fourth-order valence-corrected chi connectivity index (χ4v) is 4.27. The van der Waals surface area contributed by atoms with Gasteiger partial charge in [-0.1, -0.05) is 53.5 Å². The molecule has 0 saturated carbocycles. The van der Waals surface area contributed by atoms with E-state index in [9.17, 15) is 4.79 Å². The molecule has 2 aliphatic rings. The van der Waals surface area contributed by atoms with Crippen LogP contribution in [0.2, 0.25) is 10.0 Å². The summed E-state index contributed by atoms with van der Waals surface area (Å²) in [5.41, 5.74) is 1.55. The highest BCUT2D eigenvalue weighted by Crippen LogP contribution is 2.35. The van der Waals surface area contributed by atoms with Crippen molar-refractivity contribution in [3.8, 4) is 5.75 Å². The minimum absolute atomic E-state index is 0.0588. The summed E-state index contributed by atoms with van der Waals surface area (Å²) >= 11 is 13.6. The molecule has 0 saturated heterocycles. The molecule has 2 aliphatic heterocycles. The van der Waals surface area contributed by atoms with E-state index < -0.39 is 5.91 Å². The summed E-state index contributed by atoms with van der Waals surface area (Å²) in [5, 5.41) is 15.9. The fraction of sp³-hybridized carbons (Fsp3) is 0.0526. The zero-order chi connectivity index (χ0) is 19.8. The van der Waals surface area contributed by atoms with E-state index in [4.69, 9.17) is 33.3 Å². The molecule has 0 spiro atoms. The Hall–Kier alpha value is -2.61. The van der Waals surface area contributed by atoms with Crippen molar-refractivity contribution in [2.24, 2.45) is 10.1 Å². The molecule has 0 radical (unpaired) electrons. The lowest BCUT2D eigenvalue weighted by atomic mass is 10.1. The number of hydrogen-bond acceptors (Lipinski definition) is 5. The van der Waals surface area contributed by atoms with Gasteiger partial charge in [0, 0.05) is 5.56 Å². The molecule has 9 heteroatoms. The van der Waals surface area contributed by atoms with Crippen molar-refractivity contribution < 1.29 is 9.53 Å². The second kappa shape index (κ2) is 7.43. The zero-order valence-electron chi connectivity index (χ0n) is 14.4. The van der Waals surface area contributed by atoms with Crippen molar-refractivity contribution in [3.05, 3.63) is 69.2 Å². The number of hydrazone groups is 1. The number of nitrogens with one attached hydrogen (secondary N) is 1. The second-order valence-corrected chi connectivity index (χ2v) is 7.58. The summed E-state index contributed by atoms with van der Waals surface area (Å²) in [6, 6.07) is 12.7. The third kappa shape index (κ3) is 3.32. The molecule has 1 amide bonds. The predicted octanol–water partition coefficient (Wildman–Crippen LogP) is 4.67. The molecule has 2 aromatic rings. The number of amidine groups is 2. The second-order valence-electron chi connectivity index (χ2n) is 5.81. The van der Waals surface area contributed by atoms with E-state index in [2.05, 4.69) is 10.1 Å². The lowest BCUT2D eigenvalue weighted by molar-refractivity contribution is -0.114. The minimum Gasteiger partial charge on any atom is -0.494 e. The van der Waals surface area contributed by atoms with Crippen LogP contribution >= 0.6 is 35.0 Å². The van der Waals surface area contributed by atoms with Gasteiger partial charge in [0.2, 0.25) is 5.17 Å². The van der Waals surface area contributed by atoms with Crippen LogP contribution in [0.3, 0.4) is 0 Å². The summed E-state index contributed by atoms with van der Waals surface area (Å²) in [6.45, 7) is 0. The molecule has 0 atom stereocenters. The van der Waals surface area contributed by atoms with Gasteiger partial charge in [-0.2, -0.15) is 15.1 Å². The summed E-state index contributed by atoms with van der Waals surface area (Å²) in [6.07, 6.45) is 1.52. The van der Waals surface area contributed by atoms with Crippen LogP contribution < -0.4 is 4.74 Å². The maximum absolute atomic E-state index is 12.5. The molecule has 1 N–H and O–H groups in total. The number of carbonyl (C=O) groups excluding carboxylic acids is 1. The Morgan fingerprint density at radius 2 is 1.86 bits per heavy atom. The Bertz CT molecular complexity index is 1070. The smallest absolute Gasteiger partial charge is 0.283 e. The molecule has 2 aromatic carbocycles. The first kappa shape index (κ1) is 18.7. The standard InChI is InChI=1S/C19H12Cl2N4O2S/c1-27-15-13(20)8-10(9-14(15)21)7-12-16(22)25-19(23-17(12)26)28-18(24-25)11-5-3-2-4-6-11/h2-9,22H,1H3/b12-7-,22-16?. The largest absolute Gasteiger partial charge is 0.494 e. The van der Waals surface area contributed by atoms with Crippen LogP contribution in [0.25, 0.3) is 6.08 Å². The monoisotopic (exact) mass is 430 g/mol. The van der Waals surface area contributed by atoms with Crippen LogP contribution in [0.1, 0.15) is 11.1 Å². The molecule has 0 bridgehead atoms. The fourth-order valence-electron chi connectivity index (χ4n) is 2.71. The quantitative estimate of drug-likeness (QED) is 0.717. The Labute approximate surface area is 175 Å². The highest BCUT2D eigenvalue weighted by molar-refractivity contribution is 8.27. The van der Waals surface area contributed by atoms with E-state index in [0.717, 1.165) is 5.56 Å². The Kier molecular flexibility index (Phi) is 4.97. The van der Waals surface area contributed by atoms with E-state index in [1.165, 1.54) is 30.0 Å². The average molecular weight is 431 g/mol. The SMILES string of the molecule is COc1c(Cl)cc(/C=C2/C(=N)N3N=C(c4ccccc4)SC3=NC2=O)cc1Cl. The molecule has 2 heterocycles. The molecule has 0 aliphatic carbocycles. The van der Waals surface area contributed by atoms with Crippen LogP contribution in [0, 0.1) is 5.41 Å². The Balaban J connectivity index is 1.70. The van der Waals surface area contributed by atoms with Crippen molar-refractivity contribution in [3.63, 3.8) is 0 Å². The van der Waals surface area contributed by atoms with Crippen molar-refractivity contribution in [2.75, 3.05) is 7.11 Å². The van der Waals surface area contributed by atoms with Crippen LogP contribution in [0.4, 0.5) is 0 Å². The number of thioether (sulfide) groups is 1. The molecular weight excluding hydrogens is 419 g/mol. The molecule has 6 nitrogen and oxygen atoms in total. The van der Waals surface area contributed by atoms with Gasteiger partial charge >= 0.3 is 0 Å². The molecule has 28 heavy (non-hydrogen) atoms. The molecule has 4 rings (SSSR count). The van der Waals surface area contributed by atoms with Gasteiger partial charge in [-0.3, -0.25) is 10.2 Å². The van der Waals surface area contributed by atoms with Gasteiger partial charge in [0.1, 0.15) is 5.04 Å². The number of ether oxygens (including phenoxy) is 1. The van der Waals surface area contributed by atoms with Crippen LogP contribution in [-0.2, 0) is 4.79 Å². The highest BCUT2D eigenvalue weighted by Gasteiger charge is 2.36. The first-order valence-electron chi connectivity index (χ1n) is 8.06. The third-order valence-corrected chi connectivity index (χ3v) is 5.53. The highest BCUT2D eigenvalue weighted by atomic mass is 35.5. The van der Waals surface area contributed by atoms with Crippen molar-refractivity contribution in [1.82, 2.24) is 5.01 Å². The van der Waals surface area contributed by atoms with E-state index >= 15 is 0 Å². The summed E-state index contributed by atoms with van der Waals surface area (Å²) in [4.78, 5) is 16.6. The normalized spacial score (nSPS) is 17.5. The molecule has 0 unspecified atom stereocenters. The Morgan fingerprint density at radius 1 is 1.18 bits per heavy atom. The molecule has 0 fully saturated rings. The van der Waals surface area contributed by atoms with E-state index in [-0.39, 0.29) is 11.4 Å². The van der Waals surface area contributed by atoms with E-state index in [1.54, 1.807) is 12.1 Å². The number of rotatable bonds is 3. The number of fused-ring (bicyclic) bond motifs is 1. The van der Waals surface area contributed by atoms with E-state index in [0.29, 0.717) is 31.6 Å². The topological polar surface area (TPSA) is 78.1 Å². The van der Waals surface area contributed by atoms with Gasteiger partial charge in [-0.15, -0.1) is 0 Å². The average Bonchev–Trinajstić information content (AvgIpc) is 3.10. The molecule has 140 valence electrons. The van der Waals surface area contributed by atoms with Gasteiger partial charge in [0.25, 0.3) is 5.91 Å². The number of halogens is 2. The number of methoxy groups -OCH3 is 1. The number of aliphatic imine (C=N–C) groups is 1. The van der Waals surface area contributed by atoms with Crippen molar-refractivity contribution in [2.45, 2.75) is 0 Å². The number of carbonyl (C=O) groups is 1. The first-order chi connectivity index (χ1) is 13.5. The van der Waals surface area contributed by atoms with Gasteiger partial charge in [0.15, 0.2) is 11.6 Å². The number of amides is 1. The van der Waals surface area contributed by atoms with Crippen LogP contribution in [0.15, 0.2) is 58.1 Å². The van der Waals surface area contributed by atoms with Crippen LogP contribution in [-0.4, -0.2) is 34.1 Å². The summed E-state index contributed by atoms with van der Waals surface area (Å²) < 4.78 is 5.13. The lowest BCUT2D eigenvalue weighted by Gasteiger charge is -2.20. The first-order valence-corrected chi connectivity index (χ1v) is 9.64. The number of benzene rings is 2. The molecule has 0 aromatic heterocycles. The lowest BCUT2D eigenvalue weighted by Crippen LogP contribution is -2.35. The van der Waals surface area contributed by atoms with Crippen molar-refractivity contribution >= 4 is 63.0 Å². The maximum atomic E-state index is 12.5. The zero-order valence-corrected chi connectivity index (χ0v) is 16.8. The van der Waals surface area contributed by atoms with Gasteiger partial charge in [-0.25, -0.2) is 0 Å². The minimum atomic E-state index is -0.517. The van der Waals surface area contributed by atoms with Gasteiger partial charge in [-0.05, 0) is 35.5 Å². The Morgan fingerprint density at radius 3 is 2.50 bits per heavy atom.